The molecule has 0 aromatic heterocycles. The van der Waals surface area contributed by atoms with Gasteiger partial charge in [-0.05, 0) is 55.6 Å². The third kappa shape index (κ3) is 5.41. The van der Waals surface area contributed by atoms with Gasteiger partial charge < -0.3 is 10.6 Å². The van der Waals surface area contributed by atoms with Crippen LogP contribution in [0.2, 0.25) is 0 Å². The number of anilines is 2. The van der Waals surface area contributed by atoms with E-state index in [0.717, 1.165) is 32.5 Å². The lowest BCUT2D eigenvalue weighted by Crippen LogP contribution is -2.40. The number of benzene rings is 2. The highest BCUT2D eigenvalue weighted by atomic mass is 16.2. The molecule has 0 radical (unpaired) electrons. The largest absolute Gasteiger partial charge is 0.326 e. The molecule has 1 saturated heterocycles. The second-order valence-corrected chi connectivity index (χ2v) is 7.25. The molecule has 1 unspecified atom stereocenters. The fraction of sp³-hybridized carbons (Fsp3) is 0.364. The first kappa shape index (κ1) is 19.1. The van der Waals surface area contributed by atoms with E-state index < -0.39 is 0 Å². The molecule has 5 nitrogen and oxygen atoms in total. The minimum Gasteiger partial charge on any atom is -0.326 e. The molecular formula is C22H27N3O2. The maximum Gasteiger partial charge on any atom is 0.228 e. The highest BCUT2D eigenvalue weighted by Gasteiger charge is 2.26. The lowest BCUT2D eigenvalue weighted by atomic mass is 9.96. The molecule has 1 atom stereocenters. The van der Waals surface area contributed by atoms with Crippen molar-refractivity contribution in [1.29, 1.82) is 0 Å². The van der Waals surface area contributed by atoms with Crippen LogP contribution >= 0.6 is 0 Å². The van der Waals surface area contributed by atoms with Crippen molar-refractivity contribution < 1.29 is 9.59 Å². The molecule has 0 aliphatic carbocycles. The molecule has 1 heterocycles. The summed E-state index contributed by atoms with van der Waals surface area (Å²) in [5, 5.41) is 5.74. The van der Waals surface area contributed by atoms with E-state index in [-0.39, 0.29) is 17.7 Å². The number of likely N-dealkylation sites (tertiary alicyclic amines) is 1. The fourth-order valence-corrected chi connectivity index (χ4v) is 3.56. The van der Waals surface area contributed by atoms with Crippen molar-refractivity contribution in [2.24, 2.45) is 5.92 Å². The van der Waals surface area contributed by atoms with Gasteiger partial charge in [-0.1, -0.05) is 30.3 Å². The highest BCUT2D eigenvalue weighted by molar-refractivity contribution is 5.94. The Bertz CT molecular complexity index is 819. The van der Waals surface area contributed by atoms with Gasteiger partial charge in [0.1, 0.15) is 0 Å². The van der Waals surface area contributed by atoms with Gasteiger partial charge in [0.15, 0.2) is 0 Å². The van der Waals surface area contributed by atoms with Crippen molar-refractivity contribution >= 4 is 23.2 Å². The Balaban J connectivity index is 1.60. The summed E-state index contributed by atoms with van der Waals surface area (Å²) in [4.78, 5) is 26.3. The summed E-state index contributed by atoms with van der Waals surface area (Å²) < 4.78 is 0. The van der Waals surface area contributed by atoms with Crippen molar-refractivity contribution in [3.63, 3.8) is 0 Å². The molecule has 2 N–H and O–H groups in total. The van der Waals surface area contributed by atoms with Gasteiger partial charge in [0.2, 0.25) is 11.8 Å². The lowest BCUT2D eigenvalue weighted by molar-refractivity contribution is -0.121. The van der Waals surface area contributed by atoms with E-state index in [1.54, 1.807) is 6.07 Å². The summed E-state index contributed by atoms with van der Waals surface area (Å²) in [6.07, 6.45) is 1.93. The average molecular weight is 365 g/mol. The first-order chi connectivity index (χ1) is 13.0. The van der Waals surface area contributed by atoms with Crippen LogP contribution in [0.15, 0.2) is 48.5 Å². The zero-order valence-electron chi connectivity index (χ0n) is 16.0. The monoisotopic (exact) mass is 365 g/mol. The van der Waals surface area contributed by atoms with E-state index in [0.29, 0.717) is 11.4 Å². The summed E-state index contributed by atoms with van der Waals surface area (Å²) in [5.41, 5.74) is 4.01. The second-order valence-electron chi connectivity index (χ2n) is 7.25. The number of nitrogens with one attached hydrogen (secondary N) is 2. The van der Waals surface area contributed by atoms with Gasteiger partial charge in [0.25, 0.3) is 0 Å². The number of nitrogens with zero attached hydrogens (tertiary/aromatic N) is 1. The molecule has 1 aliphatic heterocycles. The Morgan fingerprint density at radius 1 is 1.07 bits per heavy atom. The molecule has 1 aliphatic rings. The van der Waals surface area contributed by atoms with Crippen LogP contribution in [-0.4, -0.2) is 29.8 Å². The molecule has 3 rings (SSSR count). The minimum absolute atomic E-state index is 0.0211. The third-order valence-corrected chi connectivity index (χ3v) is 4.98. The predicted octanol–water partition coefficient (Wildman–Crippen LogP) is 3.80. The predicted molar refractivity (Wildman–Crippen MR) is 109 cm³/mol. The van der Waals surface area contributed by atoms with Crippen LogP contribution in [0.3, 0.4) is 0 Å². The molecule has 0 spiro atoms. The van der Waals surface area contributed by atoms with Crippen molar-refractivity contribution in [3.05, 3.63) is 59.7 Å². The van der Waals surface area contributed by atoms with Gasteiger partial charge in [-0.2, -0.15) is 0 Å². The normalized spacial score (nSPS) is 17.3. The number of carbonyl (C=O) groups is 2. The van der Waals surface area contributed by atoms with Crippen molar-refractivity contribution in [2.45, 2.75) is 33.2 Å². The molecule has 1 fully saturated rings. The SMILES string of the molecule is CC(=O)Nc1cccc(NC(=O)C2CCCN(Cc3ccccc3C)C2)c1. The standard InChI is InChI=1S/C22H27N3O2/c1-16-7-3-4-8-18(16)14-25-12-6-9-19(15-25)22(27)24-21-11-5-10-20(13-21)23-17(2)26/h3-5,7-8,10-11,13,19H,6,9,12,14-15H2,1-2H3,(H,23,26)(H,24,27). The maximum absolute atomic E-state index is 12.7. The van der Waals surface area contributed by atoms with Crippen LogP contribution in [0.25, 0.3) is 0 Å². The topological polar surface area (TPSA) is 61.4 Å². The fourth-order valence-electron chi connectivity index (χ4n) is 3.56. The van der Waals surface area contributed by atoms with Crippen LogP contribution in [-0.2, 0) is 16.1 Å². The number of carbonyl (C=O) groups excluding carboxylic acids is 2. The lowest BCUT2D eigenvalue weighted by Gasteiger charge is -2.32. The van der Waals surface area contributed by atoms with Gasteiger partial charge in [-0.3, -0.25) is 14.5 Å². The van der Waals surface area contributed by atoms with Gasteiger partial charge >= 0.3 is 0 Å². The molecular weight excluding hydrogens is 338 g/mol. The van der Waals surface area contributed by atoms with E-state index in [2.05, 4.69) is 46.7 Å². The van der Waals surface area contributed by atoms with E-state index in [1.165, 1.54) is 18.1 Å². The smallest absolute Gasteiger partial charge is 0.228 e. The van der Waals surface area contributed by atoms with Crippen LogP contribution in [0, 0.1) is 12.8 Å². The summed E-state index contributed by atoms with van der Waals surface area (Å²) in [5.74, 6) is -0.103. The highest BCUT2D eigenvalue weighted by Crippen LogP contribution is 2.22. The quantitative estimate of drug-likeness (QED) is 0.847. The van der Waals surface area contributed by atoms with Gasteiger partial charge in [0.05, 0.1) is 5.92 Å². The van der Waals surface area contributed by atoms with Crippen molar-refractivity contribution in [2.75, 3.05) is 23.7 Å². The van der Waals surface area contributed by atoms with Crippen molar-refractivity contribution in [3.8, 4) is 0 Å². The molecule has 0 saturated carbocycles. The van der Waals surface area contributed by atoms with E-state index >= 15 is 0 Å². The van der Waals surface area contributed by atoms with E-state index in [9.17, 15) is 9.59 Å². The number of aryl methyl sites for hydroxylation is 1. The molecule has 142 valence electrons. The van der Waals surface area contributed by atoms with E-state index in [4.69, 9.17) is 0 Å². The number of hydrogen-bond donors (Lipinski definition) is 2. The molecule has 27 heavy (non-hydrogen) atoms. The number of hydrogen-bond acceptors (Lipinski definition) is 3. The van der Waals surface area contributed by atoms with Crippen LogP contribution < -0.4 is 10.6 Å². The molecule has 2 aromatic carbocycles. The number of piperidine rings is 1. The summed E-state index contributed by atoms with van der Waals surface area (Å²) in [7, 11) is 0. The summed E-state index contributed by atoms with van der Waals surface area (Å²) in [6.45, 7) is 6.28. The Labute approximate surface area is 160 Å². The Morgan fingerprint density at radius 3 is 2.56 bits per heavy atom. The minimum atomic E-state index is -0.127. The molecule has 5 heteroatoms. The Morgan fingerprint density at radius 2 is 1.81 bits per heavy atom. The number of amides is 2. The van der Waals surface area contributed by atoms with Crippen molar-refractivity contribution in [1.82, 2.24) is 4.90 Å². The maximum atomic E-state index is 12.7. The zero-order valence-corrected chi connectivity index (χ0v) is 16.0. The van der Waals surface area contributed by atoms with Crippen LogP contribution in [0.4, 0.5) is 11.4 Å². The molecule has 2 aromatic rings. The summed E-state index contributed by atoms with van der Waals surface area (Å²) in [6, 6.07) is 15.7. The van der Waals surface area contributed by atoms with Crippen LogP contribution in [0.1, 0.15) is 30.9 Å². The van der Waals surface area contributed by atoms with Crippen LogP contribution in [0.5, 0.6) is 0 Å². The van der Waals surface area contributed by atoms with Gasteiger partial charge in [-0.15, -0.1) is 0 Å². The second kappa shape index (κ2) is 8.82. The Hall–Kier alpha value is -2.66. The molecule has 2 amide bonds. The number of rotatable bonds is 5. The molecule has 0 bridgehead atoms. The first-order valence-electron chi connectivity index (χ1n) is 9.46. The third-order valence-electron chi connectivity index (χ3n) is 4.98. The zero-order chi connectivity index (χ0) is 19.2. The summed E-state index contributed by atoms with van der Waals surface area (Å²) >= 11 is 0. The average Bonchev–Trinajstić information content (AvgIpc) is 2.64. The van der Waals surface area contributed by atoms with Gasteiger partial charge in [-0.25, -0.2) is 0 Å². The van der Waals surface area contributed by atoms with Gasteiger partial charge in [0, 0.05) is 31.4 Å². The first-order valence-corrected chi connectivity index (χ1v) is 9.46. The Kier molecular flexibility index (Phi) is 6.24. The van der Waals surface area contributed by atoms with E-state index in [1.807, 2.05) is 18.2 Å².